The Hall–Kier alpha value is -2.43. The minimum absolute atomic E-state index is 0.0862. The first-order valence-electron chi connectivity index (χ1n) is 10.1. The number of hydrogen-bond donors (Lipinski definition) is 2. The number of aromatic nitrogens is 1. The second-order valence-corrected chi connectivity index (χ2v) is 8.31. The summed E-state index contributed by atoms with van der Waals surface area (Å²) in [6, 6.07) is 5.75. The number of aromatic hydroxyl groups is 1. The van der Waals surface area contributed by atoms with Crippen LogP contribution < -0.4 is 5.32 Å². The van der Waals surface area contributed by atoms with Crippen LogP contribution >= 0.6 is 0 Å². The van der Waals surface area contributed by atoms with Gasteiger partial charge in [0.05, 0.1) is 5.52 Å². The van der Waals surface area contributed by atoms with Crippen molar-refractivity contribution in [2.75, 3.05) is 13.6 Å². The van der Waals surface area contributed by atoms with E-state index in [-0.39, 0.29) is 11.8 Å². The predicted octanol–water partition coefficient (Wildman–Crippen LogP) is 3.81. The molecule has 2 aromatic rings. The topological polar surface area (TPSA) is 57.5 Å². The Morgan fingerprint density at radius 3 is 2.93 bits per heavy atom. The number of nitrogens with zero attached hydrogens (tertiary/aromatic N) is 2. The van der Waals surface area contributed by atoms with Gasteiger partial charge in [-0.2, -0.15) is 0 Å². The molecule has 4 atom stereocenters. The third kappa shape index (κ3) is 2.14. The van der Waals surface area contributed by atoms with E-state index in [1.165, 1.54) is 16.8 Å². The molecule has 142 valence electrons. The molecule has 4 heterocycles. The van der Waals surface area contributed by atoms with Crippen LogP contribution in [0.1, 0.15) is 43.9 Å². The molecule has 0 spiro atoms. The molecule has 1 amide bonds. The summed E-state index contributed by atoms with van der Waals surface area (Å²) in [4.78, 5) is 15.4. The normalized spacial score (nSPS) is 28.7. The van der Waals surface area contributed by atoms with E-state index in [4.69, 9.17) is 0 Å². The summed E-state index contributed by atoms with van der Waals surface area (Å²) in [6.45, 7) is 5.64. The van der Waals surface area contributed by atoms with Gasteiger partial charge in [0.15, 0.2) is 0 Å². The number of carbonyl (C=O) groups excluding carboxylic acids is 1. The molecule has 27 heavy (non-hydrogen) atoms. The molecule has 5 nitrogen and oxygen atoms in total. The summed E-state index contributed by atoms with van der Waals surface area (Å²) in [6.07, 6.45) is 5.49. The van der Waals surface area contributed by atoms with Gasteiger partial charge in [-0.3, -0.25) is 4.57 Å². The van der Waals surface area contributed by atoms with E-state index in [1.807, 2.05) is 16.7 Å². The summed E-state index contributed by atoms with van der Waals surface area (Å²) in [5.41, 5.74) is 4.83. The van der Waals surface area contributed by atoms with E-state index in [0.29, 0.717) is 23.8 Å². The third-order valence-electron chi connectivity index (χ3n) is 7.20. The van der Waals surface area contributed by atoms with Gasteiger partial charge >= 0.3 is 6.03 Å². The molecule has 0 saturated heterocycles. The van der Waals surface area contributed by atoms with E-state index in [2.05, 4.69) is 30.3 Å². The summed E-state index contributed by atoms with van der Waals surface area (Å²) in [5, 5.41) is 13.9. The van der Waals surface area contributed by atoms with Crippen molar-refractivity contribution in [1.29, 1.82) is 0 Å². The maximum absolute atomic E-state index is 12.9. The number of phenolic OH excluding ortho intramolecular Hbond substituents is 1. The van der Waals surface area contributed by atoms with Crippen LogP contribution in [0.2, 0.25) is 0 Å². The van der Waals surface area contributed by atoms with Gasteiger partial charge in [-0.1, -0.05) is 25.8 Å². The van der Waals surface area contributed by atoms with Gasteiger partial charge in [0.1, 0.15) is 5.75 Å². The number of phenols is 1. The van der Waals surface area contributed by atoms with E-state index < -0.39 is 0 Å². The molecule has 1 fully saturated rings. The maximum atomic E-state index is 12.9. The Labute approximate surface area is 159 Å². The lowest BCUT2D eigenvalue weighted by Crippen LogP contribution is -2.52. The highest BCUT2D eigenvalue weighted by molar-refractivity contribution is 5.96. The van der Waals surface area contributed by atoms with Crippen molar-refractivity contribution in [2.45, 2.75) is 45.1 Å². The van der Waals surface area contributed by atoms with Crippen LogP contribution in [0.25, 0.3) is 10.9 Å². The summed E-state index contributed by atoms with van der Waals surface area (Å²) in [7, 11) is 1.69. The van der Waals surface area contributed by atoms with Gasteiger partial charge < -0.3 is 15.3 Å². The zero-order valence-corrected chi connectivity index (χ0v) is 16.2. The average Bonchev–Trinajstić information content (AvgIpc) is 2.94. The minimum Gasteiger partial charge on any atom is -0.508 e. The summed E-state index contributed by atoms with van der Waals surface area (Å²) in [5.74, 6) is 1.83. The molecule has 1 aliphatic carbocycles. The Kier molecular flexibility index (Phi) is 3.58. The first-order chi connectivity index (χ1) is 13.0. The predicted molar refractivity (Wildman–Crippen MR) is 106 cm³/mol. The lowest BCUT2D eigenvalue weighted by atomic mass is 9.64. The SMILES string of the molecule is CC[C@@H]1C2[C@H]3CC(=CN2CCc2c3n(C(=O)NC)c3ccc(O)cc23)[C@@H]1C. The van der Waals surface area contributed by atoms with Crippen molar-refractivity contribution in [3.05, 3.63) is 41.2 Å². The molecule has 3 aliphatic heterocycles. The molecule has 4 bridgehead atoms. The van der Waals surface area contributed by atoms with Crippen molar-refractivity contribution in [3.8, 4) is 5.75 Å². The number of rotatable bonds is 1. The fraction of sp³-hybridized carbons (Fsp3) is 0.500. The van der Waals surface area contributed by atoms with Crippen LogP contribution in [0.15, 0.2) is 30.0 Å². The van der Waals surface area contributed by atoms with Gasteiger partial charge in [0.25, 0.3) is 0 Å². The van der Waals surface area contributed by atoms with Gasteiger partial charge in [-0.05, 0) is 54.6 Å². The van der Waals surface area contributed by atoms with Crippen molar-refractivity contribution < 1.29 is 9.90 Å². The molecule has 4 aliphatic rings. The Morgan fingerprint density at radius 2 is 2.19 bits per heavy atom. The number of carbonyl (C=O) groups is 1. The molecular weight excluding hydrogens is 338 g/mol. The van der Waals surface area contributed by atoms with Crippen LogP contribution in [-0.2, 0) is 6.42 Å². The zero-order chi connectivity index (χ0) is 18.9. The van der Waals surface area contributed by atoms with Crippen LogP contribution in [0.5, 0.6) is 5.75 Å². The molecule has 0 radical (unpaired) electrons. The third-order valence-corrected chi connectivity index (χ3v) is 7.20. The Bertz CT molecular complexity index is 974. The molecule has 1 aromatic carbocycles. The highest BCUT2D eigenvalue weighted by atomic mass is 16.3. The fourth-order valence-electron chi connectivity index (χ4n) is 6.03. The molecule has 1 saturated carbocycles. The van der Waals surface area contributed by atoms with Crippen LogP contribution in [-0.4, -0.2) is 40.2 Å². The largest absolute Gasteiger partial charge is 0.508 e. The van der Waals surface area contributed by atoms with E-state index >= 15 is 0 Å². The van der Waals surface area contributed by atoms with Gasteiger partial charge in [0.2, 0.25) is 0 Å². The fourth-order valence-corrected chi connectivity index (χ4v) is 6.03. The van der Waals surface area contributed by atoms with Crippen molar-refractivity contribution in [2.24, 2.45) is 11.8 Å². The van der Waals surface area contributed by atoms with E-state index in [1.54, 1.807) is 13.1 Å². The molecular formula is C22H27N3O2. The maximum Gasteiger partial charge on any atom is 0.326 e. The highest BCUT2D eigenvalue weighted by Gasteiger charge is 2.49. The lowest BCUT2D eigenvalue weighted by molar-refractivity contribution is 0.0868. The van der Waals surface area contributed by atoms with Crippen LogP contribution in [0.3, 0.4) is 0 Å². The highest BCUT2D eigenvalue weighted by Crippen LogP contribution is 2.53. The van der Waals surface area contributed by atoms with Crippen LogP contribution in [0, 0.1) is 11.8 Å². The molecule has 5 heteroatoms. The zero-order valence-electron chi connectivity index (χ0n) is 16.2. The molecule has 1 aromatic heterocycles. The molecule has 2 N–H and O–H groups in total. The average molecular weight is 365 g/mol. The molecule has 1 unspecified atom stereocenters. The standard InChI is InChI=1S/C22H27N3O2/c1-4-15-12(2)13-9-18-20(15)24(11-13)8-7-16-17-10-14(26)5-6-19(17)25(21(16)18)22(27)23-3/h5-6,10-12,15,18,20,26H,4,7-9H2,1-3H3,(H,23,27)/t12-,15-,18+,20?/m0/s1. The Balaban J connectivity index is 1.79. The number of nitrogens with one attached hydrogen (secondary N) is 1. The van der Waals surface area contributed by atoms with Gasteiger partial charge in [-0.25, -0.2) is 4.79 Å². The number of hydrogen-bond acceptors (Lipinski definition) is 3. The first-order valence-corrected chi connectivity index (χ1v) is 10.1. The number of allylic oxidation sites excluding steroid dienone is 1. The number of benzene rings is 1. The van der Waals surface area contributed by atoms with Crippen molar-refractivity contribution >= 4 is 16.9 Å². The molecule has 6 rings (SSSR count). The smallest absolute Gasteiger partial charge is 0.326 e. The summed E-state index contributed by atoms with van der Waals surface area (Å²) >= 11 is 0. The van der Waals surface area contributed by atoms with Crippen molar-refractivity contribution in [1.82, 2.24) is 14.8 Å². The quantitative estimate of drug-likeness (QED) is 0.808. The monoisotopic (exact) mass is 365 g/mol. The van der Waals surface area contributed by atoms with E-state index in [9.17, 15) is 9.90 Å². The first kappa shape index (κ1) is 16.7. The Morgan fingerprint density at radius 1 is 1.37 bits per heavy atom. The van der Waals surface area contributed by atoms with E-state index in [0.717, 1.165) is 36.7 Å². The van der Waals surface area contributed by atoms with Crippen molar-refractivity contribution in [3.63, 3.8) is 0 Å². The lowest BCUT2D eigenvalue weighted by Gasteiger charge is -2.52. The second-order valence-electron chi connectivity index (χ2n) is 8.31. The van der Waals surface area contributed by atoms with Gasteiger partial charge in [-0.15, -0.1) is 0 Å². The minimum atomic E-state index is -0.0862. The van der Waals surface area contributed by atoms with Crippen LogP contribution in [0.4, 0.5) is 4.79 Å². The summed E-state index contributed by atoms with van der Waals surface area (Å²) < 4.78 is 1.89. The van der Waals surface area contributed by atoms with Gasteiger partial charge in [0, 0.05) is 36.6 Å². The second kappa shape index (κ2) is 5.78. The number of fused-ring (bicyclic) bond motifs is 4. The number of amides is 1.